The van der Waals surface area contributed by atoms with Crippen LogP contribution in [-0.4, -0.2) is 26.9 Å². The third kappa shape index (κ3) is 3.57. The number of esters is 1. The Labute approximate surface area is 199 Å². The molecule has 0 spiro atoms. The van der Waals surface area contributed by atoms with Gasteiger partial charge in [-0.1, -0.05) is 35.9 Å². The minimum absolute atomic E-state index is 0.0255. The van der Waals surface area contributed by atoms with Crippen molar-refractivity contribution < 1.29 is 19.1 Å². The molecular formula is C24H12BrClN2O5. The van der Waals surface area contributed by atoms with Gasteiger partial charge in [0.2, 0.25) is 0 Å². The van der Waals surface area contributed by atoms with Gasteiger partial charge in [-0.15, -0.1) is 0 Å². The molecule has 162 valence electrons. The molecule has 1 aliphatic carbocycles. The highest BCUT2D eigenvalue weighted by Crippen LogP contribution is 2.34. The molecule has 4 aromatic rings. The zero-order valence-corrected chi connectivity index (χ0v) is 19.0. The molecule has 2 aromatic heterocycles. The lowest BCUT2D eigenvalue weighted by Gasteiger charge is -2.19. The molecular weight excluding hydrogens is 512 g/mol. The number of carbonyl (C=O) groups excluding carboxylic acids is 3. The number of aromatic nitrogens is 2. The fourth-order valence-electron chi connectivity index (χ4n) is 3.72. The van der Waals surface area contributed by atoms with Gasteiger partial charge >= 0.3 is 5.97 Å². The van der Waals surface area contributed by atoms with Gasteiger partial charge in [0.25, 0.3) is 5.56 Å². The number of rotatable bonds is 3. The number of ether oxygens (including phenoxy) is 1. The Kier molecular flexibility index (Phi) is 5.19. The summed E-state index contributed by atoms with van der Waals surface area (Å²) in [4.78, 5) is 55.1. The Hall–Kier alpha value is -3.62. The van der Waals surface area contributed by atoms with E-state index in [2.05, 4.69) is 20.9 Å². The van der Waals surface area contributed by atoms with Crippen LogP contribution in [0.25, 0.3) is 5.65 Å². The van der Waals surface area contributed by atoms with E-state index in [1.165, 1.54) is 22.6 Å². The molecule has 0 bridgehead atoms. The standard InChI is InChI=1S/C24H12BrClN2O5/c25-12-5-8-18-27-13(9-19(29)28(18)10-12)11-33-24(32)17-7-6-16-20(21(17)26)23(31)15-4-2-1-3-14(15)22(16)30/h1-10H,11H2. The number of carbonyl (C=O) groups is 3. The van der Waals surface area contributed by atoms with Crippen molar-refractivity contribution in [3.8, 4) is 0 Å². The van der Waals surface area contributed by atoms with Crippen LogP contribution in [0.5, 0.6) is 0 Å². The third-order valence-electron chi connectivity index (χ3n) is 5.28. The summed E-state index contributed by atoms with van der Waals surface area (Å²) in [6, 6.07) is 13.8. The highest BCUT2D eigenvalue weighted by atomic mass is 79.9. The SMILES string of the molecule is O=C(OCc1cc(=O)n2cc(Br)ccc2n1)c1ccc2c(c1Cl)C(=O)c1ccccc1C2=O. The maximum absolute atomic E-state index is 13.0. The number of nitrogens with zero attached hydrogens (tertiary/aromatic N) is 2. The normalized spacial score (nSPS) is 12.4. The summed E-state index contributed by atoms with van der Waals surface area (Å²) < 4.78 is 7.38. The molecule has 0 aliphatic heterocycles. The predicted molar refractivity (Wildman–Crippen MR) is 123 cm³/mol. The summed E-state index contributed by atoms with van der Waals surface area (Å²) in [7, 11) is 0. The van der Waals surface area contributed by atoms with Crippen LogP contribution in [0.1, 0.15) is 47.9 Å². The van der Waals surface area contributed by atoms with Crippen molar-refractivity contribution in [2.45, 2.75) is 6.61 Å². The van der Waals surface area contributed by atoms with Gasteiger partial charge in [-0.05, 0) is 40.2 Å². The Morgan fingerprint density at radius 1 is 0.970 bits per heavy atom. The molecule has 7 nitrogen and oxygen atoms in total. The molecule has 0 radical (unpaired) electrons. The van der Waals surface area contributed by atoms with Crippen molar-refractivity contribution in [3.05, 3.63) is 114 Å². The summed E-state index contributed by atoms with van der Waals surface area (Å²) in [5.41, 5.74) is 0.894. The van der Waals surface area contributed by atoms with Gasteiger partial charge in [0, 0.05) is 33.4 Å². The van der Waals surface area contributed by atoms with Crippen LogP contribution in [-0.2, 0) is 11.3 Å². The van der Waals surface area contributed by atoms with Gasteiger partial charge in [-0.25, -0.2) is 9.78 Å². The molecule has 5 rings (SSSR count). The monoisotopic (exact) mass is 522 g/mol. The van der Waals surface area contributed by atoms with Crippen molar-refractivity contribution in [1.82, 2.24) is 9.38 Å². The number of halogens is 2. The van der Waals surface area contributed by atoms with Crippen molar-refractivity contribution in [3.63, 3.8) is 0 Å². The van der Waals surface area contributed by atoms with E-state index in [1.54, 1.807) is 42.6 Å². The molecule has 1 aliphatic rings. The van der Waals surface area contributed by atoms with Crippen LogP contribution >= 0.6 is 27.5 Å². The number of ketones is 2. The predicted octanol–water partition coefficient (Wildman–Crippen LogP) is 4.24. The third-order valence-corrected chi connectivity index (χ3v) is 6.14. The highest BCUT2D eigenvalue weighted by molar-refractivity contribution is 9.10. The van der Waals surface area contributed by atoms with Crippen molar-refractivity contribution in [2.75, 3.05) is 0 Å². The average molecular weight is 524 g/mol. The molecule has 0 saturated carbocycles. The second kappa shape index (κ2) is 8.06. The van der Waals surface area contributed by atoms with E-state index in [9.17, 15) is 19.2 Å². The lowest BCUT2D eigenvalue weighted by Crippen LogP contribution is -2.22. The molecule has 33 heavy (non-hydrogen) atoms. The zero-order valence-electron chi connectivity index (χ0n) is 16.7. The van der Waals surface area contributed by atoms with Gasteiger partial charge in [-0.3, -0.25) is 18.8 Å². The molecule has 9 heteroatoms. The fraction of sp³-hybridized carbons (Fsp3) is 0.0417. The summed E-state index contributed by atoms with van der Waals surface area (Å²) in [5.74, 6) is -1.58. The number of pyridine rings is 1. The van der Waals surface area contributed by atoms with Crippen molar-refractivity contribution in [2.24, 2.45) is 0 Å². The maximum atomic E-state index is 13.0. The van der Waals surface area contributed by atoms with E-state index < -0.39 is 11.8 Å². The van der Waals surface area contributed by atoms with E-state index in [4.69, 9.17) is 16.3 Å². The number of hydrogen-bond acceptors (Lipinski definition) is 6. The van der Waals surface area contributed by atoms with Crippen LogP contribution in [0.3, 0.4) is 0 Å². The summed E-state index contributed by atoms with van der Waals surface area (Å²) >= 11 is 9.70. The quantitative estimate of drug-likeness (QED) is 0.328. The van der Waals surface area contributed by atoms with E-state index in [0.29, 0.717) is 11.2 Å². The maximum Gasteiger partial charge on any atom is 0.340 e. The minimum atomic E-state index is -0.806. The van der Waals surface area contributed by atoms with E-state index >= 15 is 0 Å². The number of hydrogen-bond donors (Lipinski definition) is 0. The first-order chi connectivity index (χ1) is 15.8. The van der Waals surface area contributed by atoms with Crippen LogP contribution in [0.4, 0.5) is 0 Å². The largest absolute Gasteiger partial charge is 0.456 e. The van der Waals surface area contributed by atoms with Gasteiger partial charge in [0.1, 0.15) is 12.3 Å². The summed E-state index contributed by atoms with van der Waals surface area (Å²) in [6.45, 7) is -0.274. The second-order valence-electron chi connectivity index (χ2n) is 7.29. The first-order valence-electron chi connectivity index (χ1n) is 9.71. The molecule has 0 fully saturated rings. The molecule has 0 N–H and O–H groups in total. The first kappa shape index (κ1) is 21.2. The smallest absolute Gasteiger partial charge is 0.340 e. The zero-order chi connectivity index (χ0) is 23.3. The van der Waals surface area contributed by atoms with Gasteiger partial charge in [0.05, 0.1) is 21.8 Å². The molecule has 0 atom stereocenters. The lowest BCUT2D eigenvalue weighted by atomic mass is 9.83. The summed E-state index contributed by atoms with van der Waals surface area (Å²) in [6.07, 6.45) is 1.59. The Bertz CT molecular complexity index is 1580. The second-order valence-corrected chi connectivity index (χ2v) is 8.58. The highest BCUT2D eigenvalue weighted by Gasteiger charge is 2.33. The van der Waals surface area contributed by atoms with Crippen LogP contribution < -0.4 is 5.56 Å². The number of fused-ring (bicyclic) bond motifs is 3. The summed E-state index contributed by atoms with van der Waals surface area (Å²) in [5, 5.41) is -0.151. The average Bonchev–Trinajstić information content (AvgIpc) is 2.81. The van der Waals surface area contributed by atoms with Gasteiger partial charge < -0.3 is 4.74 Å². The molecule has 0 saturated heterocycles. The Morgan fingerprint density at radius 2 is 1.70 bits per heavy atom. The molecule has 0 amide bonds. The van der Waals surface area contributed by atoms with Gasteiger partial charge in [0.15, 0.2) is 11.6 Å². The Balaban J connectivity index is 1.44. The Morgan fingerprint density at radius 3 is 2.45 bits per heavy atom. The topological polar surface area (TPSA) is 94.8 Å². The minimum Gasteiger partial charge on any atom is -0.456 e. The fourth-order valence-corrected chi connectivity index (χ4v) is 4.39. The van der Waals surface area contributed by atoms with Crippen LogP contribution in [0.15, 0.2) is 70.1 Å². The van der Waals surface area contributed by atoms with Gasteiger partial charge in [-0.2, -0.15) is 0 Å². The molecule has 2 aromatic carbocycles. The van der Waals surface area contributed by atoms with Crippen molar-refractivity contribution >= 4 is 50.7 Å². The number of benzene rings is 2. The van der Waals surface area contributed by atoms with E-state index in [-0.39, 0.29) is 50.9 Å². The first-order valence-corrected chi connectivity index (χ1v) is 10.9. The van der Waals surface area contributed by atoms with E-state index in [0.717, 1.165) is 4.47 Å². The van der Waals surface area contributed by atoms with Crippen LogP contribution in [0.2, 0.25) is 5.02 Å². The van der Waals surface area contributed by atoms with E-state index in [1.807, 2.05) is 0 Å². The molecule has 2 heterocycles. The van der Waals surface area contributed by atoms with Crippen LogP contribution in [0, 0.1) is 0 Å². The lowest BCUT2D eigenvalue weighted by molar-refractivity contribution is 0.0467. The van der Waals surface area contributed by atoms with Crippen molar-refractivity contribution in [1.29, 1.82) is 0 Å². The molecule has 0 unspecified atom stereocenters.